The van der Waals surface area contributed by atoms with Crippen molar-refractivity contribution in [2.75, 3.05) is 13.7 Å². The molecule has 3 heteroatoms. The van der Waals surface area contributed by atoms with Crippen LogP contribution >= 0.6 is 0 Å². The van der Waals surface area contributed by atoms with E-state index in [9.17, 15) is 0 Å². The number of hydrogen-bond acceptors (Lipinski definition) is 3. The first-order valence-electron chi connectivity index (χ1n) is 6.26. The predicted molar refractivity (Wildman–Crippen MR) is 60.0 cm³/mol. The van der Waals surface area contributed by atoms with Crippen molar-refractivity contribution in [3.05, 3.63) is 0 Å². The molecule has 3 atom stereocenters. The van der Waals surface area contributed by atoms with Gasteiger partial charge in [0.25, 0.3) is 0 Å². The minimum absolute atomic E-state index is 0.275. The summed E-state index contributed by atoms with van der Waals surface area (Å²) in [7, 11) is 1.79. The van der Waals surface area contributed by atoms with Gasteiger partial charge in [-0.1, -0.05) is 6.92 Å². The van der Waals surface area contributed by atoms with E-state index in [1.54, 1.807) is 7.11 Å². The van der Waals surface area contributed by atoms with Gasteiger partial charge in [-0.2, -0.15) is 0 Å². The SMILES string of the molecule is CCCNC1CC(OC2CCC2)C1OC. The fourth-order valence-corrected chi connectivity index (χ4v) is 2.31. The molecule has 1 N–H and O–H groups in total. The summed E-state index contributed by atoms with van der Waals surface area (Å²) in [5.74, 6) is 0. The summed E-state index contributed by atoms with van der Waals surface area (Å²) in [6, 6.07) is 0.514. The third-order valence-electron chi connectivity index (χ3n) is 3.60. The molecule has 2 aliphatic carbocycles. The highest BCUT2D eigenvalue weighted by atomic mass is 16.5. The molecule has 3 nitrogen and oxygen atoms in total. The van der Waals surface area contributed by atoms with Crippen molar-refractivity contribution in [2.24, 2.45) is 0 Å². The van der Waals surface area contributed by atoms with Gasteiger partial charge in [-0.3, -0.25) is 0 Å². The second kappa shape index (κ2) is 5.28. The minimum Gasteiger partial charge on any atom is -0.377 e. The van der Waals surface area contributed by atoms with Gasteiger partial charge in [0.05, 0.1) is 18.3 Å². The van der Waals surface area contributed by atoms with Crippen molar-refractivity contribution >= 4 is 0 Å². The quantitative estimate of drug-likeness (QED) is 0.728. The first-order chi connectivity index (χ1) is 7.35. The molecule has 2 saturated carbocycles. The molecular weight excluding hydrogens is 190 g/mol. The second-order valence-electron chi connectivity index (χ2n) is 4.72. The normalized spacial score (nSPS) is 36.0. The zero-order valence-electron chi connectivity index (χ0n) is 9.87. The van der Waals surface area contributed by atoms with Gasteiger partial charge in [-0.25, -0.2) is 0 Å². The zero-order chi connectivity index (χ0) is 10.7. The van der Waals surface area contributed by atoms with Gasteiger partial charge in [0.2, 0.25) is 0 Å². The van der Waals surface area contributed by atoms with E-state index in [4.69, 9.17) is 9.47 Å². The van der Waals surface area contributed by atoms with Crippen molar-refractivity contribution < 1.29 is 9.47 Å². The summed E-state index contributed by atoms with van der Waals surface area (Å²) in [6.07, 6.45) is 7.29. The lowest BCUT2D eigenvalue weighted by Crippen LogP contribution is -2.60. The molecule has 0 aromatic heterocycles. The van der Waals surface area contributed by atoms with Crippen LogP contribution in [0.1, 0.15) is 39.0 Å². The number of hydrogen-bond donors (Lipinski definition) is 1. The molecule has 0 aliphatic heterocycles. The third-order valence-corrected chi connectivity index (χ3v) is 3.60. The fraction of sp³-hybridized carbons (Fsp3) is 1.00. The fourth-order valence-electron chi connectivity index (χ4n) is 2.31. The van der Waals surface area contributed by atoms with Crippen LogP contribution in [0.3, 0.4) is 0 Å². The molecule has 0 aromatic rings. The smallest absolute Gasteiger partial charge is 0.0987 e. The summed E-state index contributed by atoms with van der Waals surface area (Å²) < 4.78 is 11.5. The molecular formula is C12H23NO2. The Labute approximate surface area is 92.5 Å². The lowest BCUT2D eigenvalue weighted by molar-refractivity contribution is -0.170. The summed E-state index contributed by atoms with van der Waals surface area (Å²) in [5.41, 5.74) is 0. The lowest BCUT2D eigenvalue weighted by Gasteiger charge is -2.46. The van der Waals surface area contributed by atoms with Crippen LogP contribution in [0.25, 0.3) is 0 Å². The maximum atomic E-state index is 5.97. The average molecular weight is 213 g/mol. The molecule has 2 rings (SSSR count). The Hall–Kier alpha value is -0.120. The molecule has 0 spiro atoms. The van der Waals surface area contributed by atoms with Crippen LogP contribution in [0.2, 0.25) is 0 Å². The topological polar surface area (TPSA) is 30.5 Å². The van der Waals surface area contributed by atoms with Gasteiger partial charge >= 0.3 is 0 Å². The predicted octanol–water partition coefficient (Wildman–Crippen LogP) is 1.71. The minimum atomic E-state index is 0.275. The van der Waals surface area contributed by atoms with E-state index in [0.717, 1.165) is 13.0 Å². The summed E-state index contributed by atoms with van der Waals surface area (Å²) in [6.45, 7) is 3.27. The van der Waals surface area contributed by atoms with Gasteiger partial charge in [0.1, 0.15) is 0 Å². The van der Waals surface area contributed by atoms with Crippen molar-refractivity contribution in [2.45, 2.75) is 63.4 Å². The summed E-state index contributed by atoms with van der Waals surface area (Å²) >= 11 is 0. The van der Waals surface area contributed by atoms with Crippen molar-refractivity contribution in [1.29, 1.82) is 0 Å². The highest BCUT2D eigenvalue weighted by Crippen LogP contribution is 2.32. The van der Waals surface area contributed by atoms with Gasteiger partial charge in [0.15, 0.2) is 0 Å². The maximum Gasteiger partial charge on any atom is 0.0987 e. The van der Waals surface area contributed by atoms with E-state index < -0.39 is 0 Å². The number of methoxy groups -OCH3 is 1. The molecule has 2 aliphatic rings. The third kappa shape index (κ3) is 2.52. The molecule has 0 saturated heterocycles. The Morgan fingerprint density at radius 3 is 2.67 bits per heavy atom. The molecule has 0 radical (unpaired) electrons. The lowest BCUT2D eigenvalue weighted by atomic mass is 9.84. The van der Waals surface area contributed by atoms with E-state index in [1.807, 2.05) is 0 Å². The van der Waals surface area contributed by atoms with Crippen LogP contribution in [-0.2, 0) is 9.47 Å². The molecule has 15 heavy (non-hydrogen) atoms. The molecule has 2 fully saturated rings. The largest absolute Gasteiger partial charge is 0.377 e. The molecule has 0 aromatic carbocycles. The van der Waals surface area contributed by atoms with Gasteiger partial charge in [-0.15, -0.1) is 0 Å². The highest BCUT2D eigenvalue weighted by molar-refractivity contribution is 4.97. The van der Waals surface area contributed by atoms with Crippen LogP contribution < -0.4 is 5.32 Å². The van der Waals surface area contributed by atoms with Crippen LogP contribution in [0, 0.1) is 0 Å². The monoisotopic (exact) mass is 213 g/mol. The molecule has 0 heterocycles. The Kier molecular flexibility index (Phi) is 4.00. The van der Waals surface area contributed by atoms with Crippen molar-refractivity contribution in [3.8, 4) is 0 Å². The van der Waals surface area contributed by atoms with Gasteiger partial charge in [-0.05, 0) is 38.6 Å². The Bertz CT molecular complexity index is 194. The number of ether oxygens (including phenoxy) is 2. The van der Waals surface area contributed by atoms with Crippen LogP contribution in [0.5, 0.6) is 0 Å². The average Bonchev–Trinajstić information content (AvgIpc) is 2.13. The second-order valence-corrected chi connectivity index (χ2v) is 4.72. The number of nitrogens with one attached hydrogen (secondary N) is 1. The van der Waals surface area contributed by atoms with E-state index in [0.29, 0.717) is 18.2 Å². The van der Waals surface area contributed by atoms with E-state index in [1.165, 1.54) is 25.7 Å². The summed E-state index contributed by atoms with van der Waals surface area (Å²) in [4.78, 5) is 0. The Morgan fingerprint density at radius 1 is 1.33 bits per heavy atom. The first-order valence-corrected chi connectivity index (χ1v) is 6.26. The van der Waals surface area contributed by atoms with Crippen molar-refractivity contribution in [1.82, 2.24) is 5.32 Å². The molecule has 0 amide bonds. The number of rotatable bonds is 6. The van der Waals surface area contributed by atoms with Gasteiger partial charge in [0, 0.05) is 13.2 Å². The van der Waals surface area contributed by atoms with Crippen LogP contribution in [0.15, 0.2) is 0 Å². The molecule has 88 valence electrons. The van der Waals surface area contributed by atoms with E-state index >= 15 is 0 Å². The van der Waals surface area contributed by atoms with Crippen LogP contribution in [0.4, 0.5) is 0 Å². The van der Waals surface area contributed by atoms with E-state index in [2.05, 4.69) is 12.2 Å². The standard InChI is InChI=1S/C12H23NO2/c1-3-7-13-10-8-11(12(10)14-2)15-9-5-4-6-9/h9-13H,3-8H2,1-2H3. The summed E-state index contributed by atoms with van der Waals surface area (Å²) in [5, 5.41) is 3.50. The molecule has 0 bridgehead atoms. The maximum absolute atomic E-state index is 5.97. The zero-order valence-corrected chi connectivity index (χ0v) is 9.87. The highest BCUT2D eigenvalue weighted by Gasteiger charge is 2.43. The Morgan fingerprint density at radius 2 is 2.13 bits per heavy atom. The van der Waals surface area contributed by atoms with Crippen molar-refractivity contribution in [3.63, 3.8) is 0 Å². The first kappa shape index (κ1) is 11.4. The van der Waals surface area contributed by atoms with Gasteiger partial charge < -0.3 is 14.8 Å². The Balaban J connectivity index is 1.69. The van der Waals surface area contributed by atoms with Crippen LogP contribution in [-0.4, -0.2) is 38.0 Å². The van der Waals surface area contributed by atoms with E-state index in [-0.39, 0.29) is 6.10 Å². The molecule has 3 unspecified atom stereocenters.